The molecular formula is C25H34N2O3. The van der Waals surface area contributed by atoms with Crippen LogP contribution in [-0.2, 0) is 22.6 Å². The van der Waals surface area contributed by atoms with Gasteiger partial charge >= 0.3 is 0 Å². The first-order chi connectivity index (χ1) is 14.4. The fourth-order valence-electron chi connectivity index (χ4n) is 3.39. The Labute approximate surface area is 180 Å². The standard InChI is InChI=1S/C25H34N2O3/c1-6-19(4)26-25(29)23(7-2)27(17-20-11-13-22(30-5)14-12-20)24(28)16-21-10-8-9-18(3)15-21/h8-15,19,23H,6-7,16-17H2,1-5H3,(H,26,29)/t19-,23+/m1/s1. The van der Waals surface area contributed by atoms with Gasteiger partial charge in [-0.25, -0.2) is 0 Å². The van der Waals surface area contributed by atoms with Crippen LogP contribution in [0.15, 0.2) is 48.5 Å². The molecule has 0 saturated heterocycles. The van der Waals surface area contributed by atoms with E-state index in [9.17, 15) is 9.59 Å². The van der Waals surface area contributed by atoms with Crippen molar-refractivity contribution in [2.24, 2.45) is 0 Å². The zero-order valence-electron chi connectivity index (χ0n) is 18.8. The molecule has 5 heteroatoms. The second kappa shape index (κ2) is 11.4. The summed E-state index contributed by atoms with van der Waals surface area (Å²) in [6, 6.07) is 15.1. The van der Waals surface area contributed by atoms with Gasteiger partial charge in [0.25, 0.3) is 0 Å². The number of hydrogen-bond donors (Lipinski definition) is 1. The SMILES string of the molecule is CC[C@@H](C)NC(=O)[C@H](CC)N(Cc1ccc(OC)cc1)C(=O)Cc1cccc(C)c1. The number of carbonyl (C=O) groups excluding carboxylic acids is 2. The Bertz CT molecular complexity index is 833. The molecule has 2 aromatic carbocycles. The van der Waals surface area contributed by atoms with E-state index in [0.717, 1.165) is 28.9 Å². The highest BCUT2D eigenvalue weighted by Gasteiger charge is 2.29. The molecule has 2 amide bonds. The Balaban J connectivity index is 2.28. The van der Waals surface area contributed by atoms with Gasteiger partial charge in [0.2, 0.25) is 11.8 Å². The zero-order chi connectivity index (χ0) is 22.1. The van der Waals surface area contributed by atoms with Crippen LogP contribution in [0.4, 0.5) is 0 Å². The normalized spacial score (nSPS) is 12.7. The first kappa shape index (κ1) is 23.5. The topological polar surface area (TPSA) is 58.6 Å². The van der Waals surface area contributed by atoms with E-state index < -0.39 is 6.04 Å². The number of methoxy groups -OCH3 is 1. The lowest BCUT2D eigenvalue weighted by Crippen LogP contribution is -2.51. The number of benzene rings is 2. The van der Waals surface area contributed by atoms with Crippen molar-refractivity contribution >= 4 is 11.8 Å². The summed E-state index contributed by atoms with van der Waals surface area (Å²) in [5.74, 6) is 0.610. The van der Waals surface area contributed by atoms with Crippen LogP contribution in [0, 0.1) is 6.92 Å². The first-order valence-electron chi connectivity index (χ1n) is 10.7. The molecule has 0 aromatic heterocycles. The van der Waals surface area contributed by atoms with Gasteiger partial charge in [-0.2, -0.15) is 0 Å². The lowest BCUT2D eigenvalue weighted by atomic mass is 10.0. The van der Waals surface area contributed by atoms with E-state index in [1.165, 1.54) is 0 Å². The van der Waals surface area contributed by atoms with Gasteiger partial charge in [-0.15, -0.1) is 0 Å². The largest absolute Gasteiger partial charge is 0.497 e. The third kappa shape index (κ3) is 6.61. The summed E-state index contributed by atoms with van der Waals surface area (Å²) in [6.45, 7) is 8.34. The molecule has 0 aliphatic rings. The van der Waals surface area contributed by atoms with E-state index in [4.69, 9.17) is 4.74 Å². The summed E-state index contributed by atoms with van der Waals surface area (Å²) < 4.78 is 5.23. The zero-order valence-corrected chi connectivity index (χ0v) is 18.8. The van der Waals surface area contributed by atoms with Gasteiger partial charge in [-0.1, -0.05) is 55.8 Å². The number of ether oxygens (including phenoxy) is 1. The van der Waals surface area contributed by atoms with Crippen molar-refractivity contribution in [3.05, 3.63) is 65.2 Å². The maximum Gasteiger partial charge on any atom is 0.243 e. The number of amides is 2. The van der Waals surface area contributed by atoms with Gasteiger partial charge < -0.3 is 15.0 Å². The molecular weight excluding hydrogens is 376 g/mol. The predicted octanol–water partition coefficient (Wildman–Crippen LogP) is 4.27. The quantitative estimate of drug-likeness (QED) is 0.636. The van der Waals surface area contributed by atoms with E-state index in [-0.39, 0.29) is 24.3 Å². The van der Waals surface area contributed by atoms with Crippen LogP contribution < -0.4 is 10.1 Å². The Morgan fingerprint density at radius 1 is 1.03 bits per heavy atom. The van der Waals surface area contributed by atoms with Gasteiger partial charge in [0.15, 0.2) is 0 Å². The summed E-state index contributed by atoms with van der Waals surface area (Å²) in [7, 11) is 1.62. The van der Waals surface area contributed by atoms with Gasteiger partial charge in [0.1, 0.15) is 11.8 Å². The summed E-state index contributed by atoms with van der Waals surface area (Å²) in [5.41, 5.74) is 3.03. The monoisotopic (exact) mass is 410 g/mol. The molecule has 0 radical (unpaired) electrons. The summed E-state index contributed by atoms with van der Waals surface area (Å²) >= 11 is 0. The minimum Gasteiger partial charge on any atom is -0.497 e. The van der Waals surface area contributed by atoms with E-state index in [1.807, 2.05) is 76.2 Å². The summed E-state index contributed by atoms with van der Waals surface area (Å²) in [5, 5.41) is 3.04. The van der Waals surface area contributed by atoms with Gasteiger partial charge in [-0.3, -0.25) is 9.59 Å². The molecule has 2 aromatic rings. The number of nitrogens with zero attached hydrogens (tertiary/aromatic N) is 1. The second-order valence-electron chi connectivity index (χ2n) is 7.78. The van der Waals surface area contributed by atoms with Crippen LogP contribution in [0.5, 0.6) is 5.75 Å². The van der Waals surface area contributed by atoms with E-state index in [0.29, 0.717) is 13.0 Å². The lowest BCUT2D eigenvalue weighted by Gasteiger charge is -2.31. The number of rotatable bonds is 10. The molecule has 2 atom stereocenters. The second-order valence-corrected chi connectivity index (χ2v) is 7.78. The van der Waals surface area contributed by atoms with Crippen LogP contribution in [0.2, 0.25) is 0 Å². The predicted molar refractivity (Wildman–Crippen MR) is 120 cm³/mol. The average Bonchev–Trinajstić information content (AvgIpc) is 2.73. The molecule has 0 unspecified atom stereocenters. The average molecular weight is 411 g/mol. The Morgan fingerprint density at radius 3 is 2.30 bits per heavy atom. The van der Waals surface area contributed by atoms with Gasteiger partial charge in [-0.05, 0) is 49.9 Å². The molecule has 1 N–H and O–H groups in total. The molecule has 0 spiro atoms. The number of carbonyl (C=O) groups is 2. The van der Waals surface area contributed by atoms with Crippen LogP contribution in [0.1, 0.15) is 50.3 Å². The molecule has 0 aliphatic heterocycles. The van der Waals surface area contributed by atoms with Crippen molar-refractivity contribution in [1.82, 2.24) is 10.2 Å². The fraction of sp³-hybridized carbons (Fsp3) is 0.440. The van der Waals surface area contributed by atoms with Crippen molar-refractivity contribution in [1.29, 1.82) is 0 Å². The fourth-order valence-corrected chi connectivity index (χ4v) is 3.39. The van der Waals surface area contributed by atoms with E-state index >= 15 is 0 Å². The molecule has 0 bridgehead atoms. The van der Waals surface area contributed by atoms with Crippen molar-refractivity contribution in [2.45, 2.75) is 65.6 Å². The Kier molecular flexibility index (Phi) is 8.90. The smallest absolute Gasteiger partial charge is 0.243 e. The van der Waals surface area contributed by atoms with E-state index in [1.54, 1.807) is 12.0 Å². The van der Waals surface area contributed by atoms with Crippen molar-refractivity contribution in [3.8, 4) is 5.75 Å². The molecule has 0 aliphatic carbocycles. The Hall–Kier alpha value is -2.82. The number of aryl methyl sites for hydroxylation is 1. The van der Waals surface area contributed by atoms with Crippen molar-refractivity contribution < 1.29 is 14.3 Å². The molecule has 0 fully saturated rings. The highest BCUT2D eigenvalue weighted by atomic mass is 16.5. The number of nitrogens with one attached hydrogen (secondary N) is 1. The van der Waals surface area contributed by atoms with Crippen LogP contribution in [-0.4, -0.2) is 35.9 Å². The third-order valence-corrected chi connectivity index (χ3v) is 5.34. The molecule has 0 saturated carbocycles. The van der Waals surface area contributed by atoms with Gasteiger partial charge in [0, 0.05) is 12.6 Å². The van der Waals surface area contributed by atoms with Gasteiger partial charge in [0.05, 0.1) is 13.5 Å². The van der Waals surface area contributed by atoms with Crippen molar-refractivity contribution in [3.63, 3.8) is 0 Å². The van der Waals surface area contributed by atoms with Crippen LogP contribution in [0.3, 0.4) is 0 Å². The van der Waals surface area contributed by atoms with Crippen LogP contribution >= 0.6 is 0 Å². The third-order valence-electron chi connectivity index (χ3n) is 5.34. The minimum atomic E-state index is -0.515. The highest BCUT2D eigenvalue weighted by molar-refractivity contribution is 5.88. The minimum absolute atomic E-state index is 0.0532. The van der Waals surface area contributed by atoms with Crippen molar-refractivity contribution in [2.75, 3.05) is 7.11 Å². The molecule has 0 heterocycles. The number of hydrogen-bond acceptors (Lipinski definition) is 3. The van der Waals surface area contributed by atoms with E-state index in [2.05, 4.69) is 5.32 Å². The Morgan fingerprint density at radius 2 is 1.73 bits per heavy atom. The molecule has 162 valence electrons. The van der Waals surface area contributed by atoms with Crippen LogP contribution in [0.25, 0.3) is 0 Å². The summed E-state index contributed by atoms with van der Waals surface area (Å²) in [6.07, 6.45) is 1.67. The lowest BCUT2D eigenvalue weighted by molar-refractivity contribution is -0.141. The molecule has 30 heavy (non-hydrogen) atoms. The molecule has 2 rings (SSSR count). The maximum absolute atomic E-state index is 13.3. The summed E-state index contributed by atoms with van der Waals surface area (Å²) in [4.78, 5) is 28.0. The first-order valence-corrected chi connectivity index (χ1v) is 10.7. The highest BCUT2D eigenvalue weighted by Crippen LogP contribution is 2.18. The molecule has 5 nitrogen and oxygen atoms in total. The maximum atomic E-state index is 13.3.